The summed E-state index contributed by atoms with van der Waals surface area (Å²) in [6, 6.07) is 8.52. The molecule has 2 rings (SSSR count). The van der Waals surface area contributed by atoms with Crippen molar-refractivity contribution in [1.29, 1.82) is 0 Å². The number of carbonyl (C=O) groups is 2. The van der Waals surface area contributed by atoms with Crippen molar-refractivity contribution in [3.05, 3.63) is 41.7 Å². The van der Waals surface area contributed by atoms with Crippen molar-refractivity contribution in [2.75, 3.05) is 22.5 Å². The summed E-state index contributed by atoms with van der Waals surface area (Å²) in [5.74, 6) is 0.434. The van der Waals surface area contributed by atoms with Crippen LogP contribution in [-0.4, -0.2) is 28.3 Å². The van der Waals surface area contributed by atoms with Gasteiger partial charge in [0.05, 0.1) is 0 Å². The number of hydrogen-bond donors (Lipinski definition) is 3. The number of aromatic nitrogens is 2. The van der Waals surface area contributed by atoms with E-state index in [-0.39, 0.29) is 11.8 Å². The molecular weight excluding hydrogens is 318 g/mol. The second-order valence-corrected chi connectivity index (χ2v) is 6.21. The molecule has 0 saturated carbocycles. The van der Waals surface area contributed by atoms with E-state index >= 15 is 0 Å². The fraction of sp³-hybridized carbons (Fsp3) is 0.333. The largest absolute Gasteiger partial charge is 0.354 e. The predicted molar refractivity (Wildman–Crippen MR) is 98.8 cm³/mol. The summed E-state index contributed by atoms with van der Waals surface area (Å²) >= 11 is 0. The maximum Gasteiger partial charge on any atom is 0.274 e. The Kier molecular flexibility index (Phi) is 6.05. The Hall–Kier alpha value is -2.96. The van der Waals surface area contributed by atoms with E-state index in [9.17, 15) is 9.59 Å². The SMILES string of the molecule is CC(=O)Nc1ccc(NC(=O)c2cc(C)nc(NCC(C)C)n2)cc1. The maximum atomic E-state index is 12.4. The topological polar surface area (TPSA) is 96.0 Å². The molecule has 1 aromatic heterocycles. The summed E-state index contributed by atoms with van der Waals surface area (Å²) in [7, 11) is 0. The van der Waals surface area contributed by atoms with Gasteiger partial charge in [-0.05, 0) is 43.2 Å². The normalized spacial score (nSPS) is 10.4. The lowest BCUT2D eigenvalue weighted by Gasteiger charge is -2.10. The average Bonchev–Trinajstić information content (AvgIpc) is 2.53. The van der Waals surface area contributed by atoms with Gasteiger partial charge in [-0.1, -0.05) is 13.8 Å². The first kappa shape index (κ1) is 18.4. The number of carbonyl (C=O) groups excluding carboxylic acids is 2. The minimum atomic E-state index is -0.314. The van der Waals surface area contributed by atoms with Gasteiger partial charge in [0, 0.05) is 30.5 Å². The highest BCUT2D eigenvalue weighted by Crippen LogP contribution is 2.15. The van der Waals surface area contributed by atoms with Crippen LogP contribution in [0.25, 0.3) is 0 Å². The van der Waals surface area contributed by atoms with Gasteiger partial charge in [-0.25, -0.2) is 9.97 Å². The summed E-state index contributed by atoms with van der Waals surface area (Å²) in [6.07, 6.45) is 0. The molecule has 0 aliphatic heterocycles. The smallest absolute Gasteiger partial charge is 0.274 e. The fourth-order valence-corrected chi connectivity index (χ4v) is 2.09. The highest BCUT2D eigenvalue weighted by molar-refractivity contribution is 6.03. The summed E-state index contributed by atoms with van der Waals surface area (Å²) < 4.78 is 0. The Morgan fingerprint density at radius 1 is 1.04 bits per heavy atom. The Labute approximate surface area is 147 Å². The van der Waals surface area contributed by atoms with Crippen LogP contribution in [0.4, 0.5) is 17.3 Å². The number of benzene rings is 1. The molecule has 3 N–H and O–H groups in total. The van der Waals surface area contributed by atoms with Gasteiger partial charge in [-0.15, -0.1) is 0 Å². The first-order chi connectivity index (χ1) is 11.8. The molecule has 0 atom stereocenters. The first-order valence-electron chi connectivity index (χ1n) is 8.12. The van der Waals surface area contributed by atoms with E-state index in [0.29, 0.717) is 34.6 Å². The minimum absolute atomic E-state index is 0.144. The number of rotatable bonds is 6. The second kappa shape index (κ2) is 8.23. The van der Waals surface area contributed by atoms with Crippen molar-refractivity contribution >= 4 is 29.1 Å². The van der Waals surface area contributed by atoms with Crippen LogP contribution >= 0.6 is 0 Å². The molecule has 7 nitrogen and oxygen atoms in total. The van der Waals surface area contributed by atoms with Gasteiger partial charge in [-0.2, -0.15) is 0 Å². The average molecular weight is 341 g/mol. The Morgan fingerprint density at radius 3 is 2.20 bits per heavy atom. The molecule has 0 spiro atoms. The lowest BCUT2D eigenvalue weighted by Crippen LogP contribution is -2.17. The number of aryl methyl sites for hydroxylation is 1. The maximum absolute atomic E-state index is 12.4. The van der Waals surface area contributed by atoms with Crippen LogP contribution < -0.4 is 16.0 Å². The fourth-order valence-electron chi connectivity index (χ4n) is 2.09. The molecule has 132 valence electrons. The molecule has 0 bridgehead atoms. The van der Waals surface area contributed by atoms with E-state index in [1.54, 1.807) is 30.3 Å². The van der Waals surface area contributed by atoms with Gasteiger partial charge < -0.3 is 16.0 Å². The van der Waals surface area contributed by atoms with Gasteiger partial charge in [0.25, 0.3) is 5.91 Å². The van der Waals surface area contributed by atoms with E-state index in [1.807, 2.05) is 6.92 Å². The molecule has 25 heavy (non-hydrogen) atoms. The summed E-state index contributed by atoms with van der Waals surface area (Å²) in [6.45, 7) is 8.16. The summed E-state index contributed by atoms with van der Waals surface area (Å²) in [5, 5.41) is 8.59. The van der Waals surface area contributed by atoms with E-state index < -0.39 is 0 Å². The van der Waals surface area contributed by atoms with Crippen molar-refractivity contribution in [2.24, 2.45) is 5.92 Å². The molecule has 0 radical (unpaired) electrons. The van der Waals surface area contributed by atoms with Crippen LogP contribution in [0.1, 0.15) is 37.0 Å². The lowest BCUT2D eigenvalue weighted by molar-refractivity contribution is -0.114. The van der Waals surface area contributed by atoms with Gasteiger partial charge >= 0.3 is 0 Å². The van der Waals surface area contributed by atoms with Crippen LogP contribution in [0, 0.1) is 12.8 Å². The Morgan fingerprint density at radius 2 is 1.64 bits per heavy atom. The molecular formula is C18H23N5O2. The number of hydrogen-bond acceptors (Lipinski definition) is 5. The molecule has 2 aromatic rings. The zero-order chi connectivity index (χ0) is 18.4. The van der Waals surface area contributed by atoms with Crippen molar-refractivity contribution in [2.45, 2.75) is 27.7 Å². The molecule has 0 fully saturated rings. The van der Waals surface area contributed by atoms with Crippen LogP contribution in [-0.2, 0) is 4.79 Å². The van der Waals surface area contributed by atoms with Gasteiger partial charge in [-0.3, -0.25) is 9.59 Å². The molecule has 1 aromatic carbocycles. The third-order valence-corrected chi connectivity index (χ3v) is 3.22. The van der Waals surface area contributed by atoms with E-state index in [0.717, 1.165) is 6.54 Å². The van der Waals surface area contributed by atoms with E-state index in [1.165, 1.54) is 6.92 Å². The molecule has 7 heteroatoms. The minimum Gasteiger partial charge on any atom is -0.354 e. The Balaban J connectivity index is 2.08. The van der Waals surface area contributed by atoms with Crippen molar-refractivity contribution < 1.29 is 9.59 Å². The van der Waals surface area contributed by atoms with Crippen LogP contribution in [0.5, 0.6) is 0 Å². The van der Waals surface area contributed by atoms with Crippen molar-refractivity contribution in [1.82, 2.24) is 9.97 Å². The van der Waals surface area contributed by atoms with Crippen molar-refractivity contribution in [3.8, 4) is 0 Å². The number of anilines is 3. The third kappa shape index (κ3) is 5.87. The molecule has 2 amide bonds. The molecule has 0 saturated heterocycles. The van der Waals surface area contributed by atoms with E-state index in [2.05, 4.69) is 39.8 Å². The summed E-state index contributed by atoms with van der Waals surface area (Å²) in [5.41, 5.74) is 2.30. The van der Waals surface area contributed by atoms with Crippen LogP contribution in [0.3, 0.4) is 0 Å². The number of nitrogens with one attached hydrogen (secondary N) is 3. The highest BCUT2D eigenvalue weighted by Gasteiger charge is 2.11. The third-order valence-electron chi connectivity index (χ3n) is 3.22. The number of amides is 2. The van der Waals surface area contributed by atoms with Gasteiger partial charge in [0.2, 0.25) is 11.9 Å². The van der Waals surface area contributed by atoms with E-state index in [4.69, 9.17) is 0 Å². The first-order valence-corrected chi connectivity index (χ1v) is 8.12. The zero-order valence-corrected chi connectivity index (χ0v) is 14.9. The predicted octanol–water partition coefficient (Wildman–Crippen LogP) is 3.06. The van der Waals surface area contributed by atoms with Crippen molar-refractivity contribution in [3.63, 3.8) is 0 Å². The van der Waals surface area contributed by atoms with Crippen LogP contribution in [0.15, 0.2) is 30.3 Å². The molecule has 1 heterocycles. The van der Waals surface area contributed by atoms with Gasteiger partial charge in [0.1, 0.15) is 5.69 Å². The second-order valence-electron chi connectivity index (χ2n) is 6.21. The zero-order valence-electron chi connectivity index (χ0n) is 14.9. The molecule has 0 unspecified atom stereocenters. The lowest BCUT2D eigenvalue weighted by atomic mass is 10.2. The van der Waals surface area contributed by atoms with Gasteiger partial charge in [0.15, 0.2) is 0 Å². The quantitative estimate of drug-likeness (QED) is 0.750. The monoisotopic (exact) mass is 341 g/mol. The standard InChI is InChI=1S/C18H23N5O2/c1-11(2)10-19-18-20-12(3)9-16(23-18)17(25)22-15-7-5-14(6-8-15)21-13(4)24/h5-9,11H,10H2,1-4H3,(H,21,24)(H,22,25)(H,19,20,23). The summed E-state index contributed by atoms with van der Waals surface area (Å²) in [4.78, 5) is 32.0. The molecule has 0 aliphatic carbocycles. The highest BCUT2D eigenvalue weighted by atomic mass is 16.2. The van der Waals surface area contributed by atoms with Crippen LogP contribution in [0.2, 0.25) is 0 Å². The Bertz CT molecular complexity index is 757. The number of nitrogens with zero attached hydrogens (tertiary/aromatic N) is 2. The molecule has 0 aliphatic rings.